The molecule has 5 bridgehead atoms. The van der Waals surface area contributed by atoms with Crippen LogP contribution in [0.25, 0.3) is 10.8 Å². The molecule has 6 aliphatic rings. The van der Waals surface area contributed by atoms with Gasteiger partial charge in [-0.1, -0.05) is 52.8 Å². The number of likely N-dealkylation sites (tertiary alicyclic amines) is 2. The summed E-state index contributed by atoms with van der Waals surface area (Å²) in [7, 11) is 1.92. The Hall–Kier alpha value is -5.36. The molecule has 2 fully saturated rings. The standard InChI is InChI=1S/C51H69N5O12/c1-26(2)24-56-20-17-51(18-21-56)53-39-36-37-43(59)31(7)45-38(36)46(61)50(9,68-45)65-22-12-15-27(3)35(67-49(64)32(8)48(63)66-33-16-19-55(10)25-33)23-34(57)30(6)42(58)28(4)13-11-14-29(5)47(62)52-41(44(37)60)40(39)54-51/h11-14,22,26-28,30,32-35,42,57-60H,15-21,23-25H2,1-10H3,(H,52,62)/b13-11+,22-12+,29-14-/t27-,28?,30+,32?,33?,34+,35+,42+,50?/m1/s1. The maximum Gasteiger partial charge on any atom is 0.320 e. The van der Waals surface area contributed by atoms with Crippen LogP contribution in [-0.2, 0) is 28.6 Å². The fraction of sp³-hybridized carbons (Fsp3) is 0.608. The zero-order valence-corrected chi connectivity index (χ0v) is 41.0. The molecule has 2 saturated heterocycles. The van der Waals surface area contributed by atoms with Crippen molar-refractivity contribution >= 4 is 40.1 Å². The van der Waals surface area contributed by atoms with E-state index < -0.39 is 82.8 Å². The Labute approximate surface area is 397 Å². The van der Waals surface area contributed by atoms with Crippen molar-refractivity contribution in [3.63, 3.8) is 0 Å². The van der Waals surface area contributed by atoms with Gasteiger partial charge in [-0.05, 0) is 58.6 Å². The molecule has 17 heteroatoms. The second kappa shape index (κ2) is 19.9. The lowest BCUT2D eigenvalue weighted by Gasteiger charge is -2.36. The number of ether oxygens (including phenoxy) is 4. The first-order valence-corrected chi connectivity index (χ1v) is 24.0. The molecule has 1 spiro atoms. The summed E-state index contributed by atoms with van der Waals surface area (Å²) in [6.07, 6.45) is 6.16. The van der Waals surface area contributed by atoms with E-state index >= 15 is 0 Å². The Morgan fingerprint density at radius 3 is 2.31 bits per heavy atom. The molecule has 9 atom stereocenters. The average Bonchev–Trinajstić information content (AvgIpc) is 3.96. The maximum atomic E-state index is 14.8. The first-order chi connectivity index (χ1) is 32.0. The lowest BCUT2D eigenvalue weighted by atomic mass is 9.84. The fourth-order valence-electron chi connectivity index (χ4n) is 9.82. The molecular formula is C51H69N5O12. The van der Waals surface area contributed by atoms with E-state index in [9.17, 15) is 39.6 Å². The van der Waals surface area contributed by atoms with Gasteiger partial charge in [0, 0.05) is 87.3 Å². The number of Topliss-reactive ketones (excluding diaryl/α,β-unsaturated/α-hetero) is 1. The van der Waals surface area contributed by atoms with E-state index in [-0.39, 0.29) is 74.3 Å². The molecule has 5 N–H and O–H groups in total. The average molecular weight is 944 g/mol. The van der Waals surface area contributed by atoms with Gasteiger partial charge in [0.2, 0.25) is 0 Å². The van der Waals surface area contributed by atoms with Gasteiger partial charge in [0.1, 0.15) is 34.8 Å². The van der Waals surface area contributed by atoms with Crippen LogP contribution < -0.4 is 20.8 Å². The van der Waals surface area contributed by atoms with Crippen LogP contribution in [-0.4, -0.2) is 129 Å². The van der Waals surface area contributed by atoms with Crippen molar-refractivity contribution in [3.05, 3.63) is 58.0 Å². The number of carbonyl (C=O) groups excluding carboxylic acids is 4. The van der Waals surface area contributed by atoms with Gasteiger partial charge in [-0.2, -0.15) is 0 Å². The molecule has 0 saturated carbocycles. The number of phenolic OH excluding ortho intramolecular Hbond substituents is 2. The summed E-state index contributed by atoms with van der Waals surface area (Å²) in [5.41, 5.74) is -0.611. The fourth-order valence-corrected chi connectivity index (χ4v) is 9.82. The number of nitrogens with one attached hydrogen (secondary N) is 1. The smallest absolute Gasteiger partial charge is 0.320 e. The molecule has 0 aromatic heterocycles. The number of esters is 2. The molecule has 2 aromatic rings. The number of benzene rings is 2. The molecule has 4 unspecified atom stereocenters. The molecule has 0 radical (unpaired) electrons. The molecular weight excluding hydrogens is 875 g/mol. The van der Waals surface area contributed by atoms with Gasteiger partial charge in [0.25, 0.3) is 11.7 Å². The lowest BCUT2D eigenvalue weighted by Crippen LogP contribution is -2.43. The van der Waals surface area contributed by atoms with Crippen LogP contribution in [0.2, 0.25) is 0 Å². The predicted octanol–water partition coefficient (Wildman–Crippen LogP) is 4.74. The molecule has 6 aliphatic heterocycles. The van der Waals surface area contributed by atoms with Gasteiger partial charge in [-0.25, -0.2) is 0 Å². The monoisotopic (exact) mass is 943 g/mol. The molecule has 6 heterocycles. The van der Waals surface area contributed by atoms with Gasteiger partial charge in [-0.3, -0.25) is 29.2 Å². The summed E-state index contributed by atoms with van der Waals surface area (Å²) in [4.78, 5) is 70.1. The number of phenols is 2. The second-order valence-electron chi connectivity index (χ2n) is 20.3. The summed E-state index contributed by atoms with van der Waals surface area (Å²) in [5.74, 6) is -7.98. The Balaban J connectivity index is 1.27. The number of piperidine rings is 1. The van der Waals surface area contributed by atoms with Gasteiger partial charge in [0.15, 0.2) is 17.3 Å². The van der Waals surface area contributed by atoms with Crippen molar-refractivity contribution in [1.82, 2.24) is 9.80 Å². The van der Waals surface area contributed by atoms with Crippen LogP contribution in [0.4, 0.5) is 5.69 Å². The highest BCUT2D eigenvalue weighted by molar-refractivity contribution is 6.19. The van der Waals surface area contributed by atoms with Crippen molar-refractivity contribution in [2.24, 2.45) is 39.6 Å². The minimum absolute atomic E-state index is 0.0342. The van der Waals surface area contributed by atoms with E-state index in [1.807, 2.05) is 11.9 Å². The summed E-state index contributed by atoms with van der Waals surface area (Å²) in [6, 6.07) is 0. The Morgan fingerprint density at radius 1 is 0.971 bits per heavy atom. The number of hydrogen-bond acceptors (Lipinski definition) is 16. The number of carbonyl (C=O) groups is 4. The van der Waals surface area contributed by atoms with Crippen LogP contribution in [0.5, 0.6) is 17.2 Å². The topological polar surface area (TPSA) is 229 Å². The highest BCUT2D eigenvalue weighted by atomic mass is 16.7. The first kappa shape index (κ1) is 50.5. The van der Waals surface area contributed by atoms with Crippen LogP contribution in [0.15, 0.2) is 46.1 Å². The molecule has 0 aliphatic carbocycles. The van der Waals surface area contributed by atoms with Gasteiger partial charge >= 0.3 is 17.7 Å². The van der Waals surface area contributed by atoms with E-state index in [4.69, 9.17) is 28.9 Å². The number of aliphatic hydroxyl groups excluding tert-OH is 2. The highest BCUT2D eigenvalue weighted by Crippen LogP contribution is 2.50. The van der Waals surface area contributed by atoms with E-state index in [0.717, 1.165) is 13.1 Å². The predicted molar refractivity (Wildman–Crippen MR) is 252 cm³/mol. The quantitative estimate of drug-likeness (QED) is 0.150. The molecule has 1 amide bonds. The molecule has 8 rings (SSSR count). The summed E-state index contributed by atoms with van der Waals surface area (Å²) in [5, 5.41) is 50.3. The number of anilines is 1. The van der Waals surface area contributed by atoms with E-state index in [1.165, 1.54) is 20.1 Å². The van der Waals surface area contributed by atoms with Gasteiger partial charge in [-0.15, -0.1) is 0 Å². The number of ketones is 1. The minimum atomic E-state index is -1.95. The SMILES string of the molecule is C/C1=C/C=C/C(C)[C@H](O)[C@@H](C)[C@@H](O)C[C@H](OC(=O)C(C)C(=O)OC2CCN(C)C2)[C@H](C)C/C=C/OC2(C)Oc3c(C)c(O)c4c(O)c(c5c(c4c3C2=O)=NC2(CCN(CC(C)C)CC2)N=5)NC1=O. The van der Waals surface area contributed by atoms with E-state index in [0.29, 0.717) is 44.8 Å². The lowest BCUT2D eigenvalue weighted by molar-refractivity contribution is -0.169. The number of nitrogens with zero attached hydrogens (tertiary/aromatic N) is 4. The summed E-state index contributed by atoms with van der Waals surface area (Å²) < 4.78 is 24.0. The number of allylic oxidation sites excluding steroid dienone is 3. The number of hydrogen-bond donors (Lipinski definition) is 5. The Bertz CT molecular complexity index is 2550. The molecule has 370 valence electrons. The number of likely N-dealkylation sites (N-methyl/N-ethyl adjacent to an activating group) is 1. The molecule has 17 nitrogen and oxygen atoms in total. The van der Waals surface area contributed by atoms with Crippen LogP contribution in [0.3, 0.4) is 0 Å². The Kier molecular flexibility index (Phi) is 14.8. The largest absolute Gasteiger partial charge is 0.507 e. The normalized spacial score (nSPS) is 31.2. The van der Waals surface area contributed by atoms with Gasteiger partial charge in [0.05, 0.1) is 34.8 Å². The van der Waals surface area contributed by atoms with Crippen LogP contribution in [0.1, 0.15) is 103 Å². The third-order valence-corrected chi connectivity index (χ3v) is 14.3. The molecule has 2 aromatic carbocycles. The third-order valence-electron chi connectivity index (χ3n) is 14.3. The zero-order valence-electron chi connectivity index (χ0n) is 41.0. The Morgan fingerprint density at radius 2 is 1.65 bits per heavy atom. The highest BCUT2D eigenvalue weighted by Gasteiger charge is 2.50. The third kappa shape index (κ3) is 10.0. The number of amides is 1. The second-order valence-corrected chi connectivity index (χ2v) is 20.3. The summed E-state index contributed by atoms with van der Waals surface area (Å²) in [6.45, 7) is 19.2. The van der Waals surface area contributed by atoms with Crippen LogP contribution in [0, 0.1) is 36.5 Å². The van der Waals surface area contributed by atoms with Crippen molar-refractivity contribution in [3.8, 4) is 17.2 Å². The zero-order chi connectivity index (χ0) is 49.6. The van der Waals surface area contributed by atoms with Crippen molar-refractivity contribution in [2.45, 2.75) is 130 Å². The number of aliphatic hydroxyl groups is 2. The number of fused-ring (bicyclic) bond motifs is 13. The maximum absolute atomic E-state index is 14.8. The van der Waals surface area contributed by atoms with Crippen LogP contribution >= 0.6 is 0 Å². The van der Waals surface area contributed by atoms with E-state index in [2.05, 4.69) is 24.1 Å². The minimum Gasteiger partial charge on any atom is -0.507 e. The van der Waals surface area contributed by atoms with Crippen molar-refractivity contribution in [2.75, 3.05) is 45.1 Å². The first-order valence-electron chi connectivity index (χ1n) is 24.0. The number of rotatable bonds is 6. The molecule has 68 heavy (non-hydrogen) atoms. The summed E-state index contributed by atoms with van der Waals surface area (Å²) >= 11 is 0. The number of aromatic hydroxyl groups is 2. The van der Waals surface area contributed by atoms with Gasteiger partial charge < -0.3 is 54.5 Å². The van der Waals surface area contributed by atoms with Crippen molar-refractivity contribution in [1.29, 1.82) is 0 Å². The van der Waals surface area contributed by atoms with E-state index in [1.54, 1.807) is 58.9 Å². The van der Waals surface area contributed by atoms with Crippen molar-refractivity contribution < 1.29 is 58.6 Å².